The van der Waals surface area contributed by atoms with Crippen molar-refractivity contribution in [3.05, 3.63) is 75.0 Å². The first-order valence-electron chi connectivity index (χ1n) is 7.74. The Balaban J connectivity index is 1.83. The monoisotopic (exact) mass is 384 g/mol. The van der Waals surface area contributed by atoms with E-state index in [0.717, 1.165) is 22.1 Å². The number of aromatic nitrogens is 1. The van der Waals surface area contributed by atoms with Gasteiger partial charge in [-0.2, -0.15) is 0 Å². The summed E-state index contributed by atoms with van der Waals surface area (Å²) in [5.41, 5.74) is 2.67. The number of halogens is 1. The second kappa shape index (κ2) is 7.01. The Kier molecular flexibility index (Phi) is 4.81. The zero-order valence-corrected chi connectivity index (χ0v) is 14.8. The van der Waals surface area contributed by atoms with E-state index in [1.54, 1.807) is 16.8 Å². The summed E-state index contributed by atoms with van der Waals surface area (Å²) >= 11 is 3.41. The van der Waals surface area contributed by atoms with E-state index < -0.39 is 0 Å². The van der Waals surface area contributed by atoms with Crippen molar-refractivity contribution in [2.24, 2.45) is 0 Å². The van der Waals surface area contributed by atoms with Crippen LogP contribution in [-0.2, 0) is 17.8 Å². The van der Waals surface area contributed by atoms with Crippen LogP contribution in [0.3, 0.4) is 0 Å². The minimum absolute atomic E-state index is 0.0516. The van der Waals surface area contributed by atoms with Gasteiger partial charge in [0.25, 0.3) is 0 Å². The first-order chi connectivity index (χ1) is 11.6. The summed E-state index contributed by atoms with van der Waals surface area (Å²) in [5.74, 6) is -0.135. The summed E-state index contributed by atoms with van der Waals surface area (Å²) in [7, 11) is 0. The van der Waals surface area contributed by atoms with Gasteiger partial charge in [-0.3, -0.25) is 9.59 Å². The molecule has 1 amide bonds. The van der Waals surface area contributed by atoms with Crippen LogP contribution in [0.5, 0.6) is 0 Å². The Hall–Kier alpha value is -2.40. The molecule has 0 saturated heterocycles. The summed E-state index contributed by atoms with van der Waals surface area (Å²) in [6.45, 7) is 2.23. The zero-order valence-electron chi connectivity index (χ0n) is 13.3. The number of aryl methyl sites for hydroxylation is 1. The lowest BCUT2D eigenvalue weighted by molar-refractivity contribution is -0.116. The number of carbonyl (C=O) groups excluding carboxylic acids is 1. The van der Waals surface area contributed by atoms with Crippen LogP contribution in [0, 0.1) is 0 Å². The van der Waals surface area contributed by atoms with Crippen molar-refractivity contribution in [2.75, 3.05) is 5.32 Å². The number of hydrogen-bond acceptors (Lipinski definition) is 2. The van der Waals surface area contributed by atoms with Crippen LogP contribution in [0.4, 0.5) is 5.69 Å². The van der Waals surface area contributed by atoms with Crippen LogP contribution >= 0.6 is 15.9 Å². The Bertz CT molecular complexity index is 946. The molecule has 0 spiro atoms. The van der Waals surface area contributed by atoms with Gasteiger partial charge in [-0.05, 0) is 42.3 Å². The van der Waals surface area contributed by atoms with Gasteiger partial charge in [-0.1, -0.05) is 35.0 Å². The number of rotatable bonds is 4. The van der Waals surface area contributed by atoms with Gasteiger partial charge in [-0.15, -0.1) is 0 Å². The van der Waals surface area contributed by atoms with Crippen LogP contribution < -0.4 is 10.7 Å². The highest BCUT2D eigenvalue weighted by Crippen LogP contribution is 2.17. The molecule has 0 fully saturated rings. The number of anilines is 1. The predicted molar refractivity (Wildman–Crippen MR) is 100 cm³/mol. The number of carbonyl (C=O) groups is 1. The first kappa shape index (κ1) is 16.5. The molecule has 0 bridgehead atoms. The molecular formula is C19H17BrN2O2. The number of hydrogen-bond donors (Lipinski definition) is 1. The van der Waals surface area contributed by atoms with E-state index in [1.807, 2.05) is 36.4 Å². The third kappa shape index (κ3) is 3.57. The van der Waals surface area contributed by atoms with E-state index in [-0.39, 0.29) is 17.9 Å². The molecule has 0 aliphatic heterocycles. The molecule has 1 N–H and O–H groups in total. The van der Waals surface area contributed by atoms with Crippen LogP contribution in [0.15, 0.2) is 64.0 Å². The van der Waals surface area contributed by atoms with Crippen LogP contribution in [0.2, 0.25) is 0 Å². The van der Waals surface area contributed by atoms with Crippen molar-refractivity contribution in [1.82, 2.24) is 4.57 Å². The number of pyridine rings is 1. The van der Waals surface area contributed by atoms with E-state index >= 15 is 0 Å². The highest BCUT2D eigenvalue weighted by Gasteiger charge is 2.08. The number of nitrogens with zero attached hydrogens (tertiary/aromatic N) is 1. The minimum Gasteiger partial charge on any atom is -0.338 e. The molecule has 2 aromatic carbocycles. The maximum atomic E-state index is 12.3. The van der Waals surface area contributed by atoms with E-state index in [2.05, 4.69) is 28.2 Å². The van der Waals surface area contributed by atoms with Gasteiger partial charge in [0.05, 0.1) is 5.52 Å². The molecule has 1 aromatic heterocycles. The molecule has 0 aliphatic carbocycles. The molecule has 0 radical (unpaired) electrons. The molecule has 0 atom stereocenters. The summed E-state index contributed by atoms with van der Waals surface area (Å²) < 4.78 is 2.64. The number of fused-ring (bicyclic) bond motifs is 1. The van der Waals surface area contributed by atoms with Gasteiger partial charge in [0, 0.05) is 27.8 Å². The molecule has 0 aliphatic rings. The molecule has 24 heavy (non-hydrogen) atoms. The van der Waals surface area contributed by atoms with Gasteiger partial charge in [0.1, 0.15) is 6.54 Å². The van der Waals surface area contributed by atoms with Crippen molar-refractivity contribution >= 4 is 38.4 Å². The molecule has 1 heterocycles. The maximum absolute atomic E-state index is 12.3. The minimum atomic E-state index is -0.135. The van der Waals surface area contributed by atoms with Crippen molar-refractivity contribution < 1.29 is 4.79 Å². The molecule has 0 unspecified atom stereocenters. The van der Waals surface area contributed by atoms with Crippen molar-refractivity contribution in [1.29, 1.82) is 0 Å². The molecule has 0 saturated carbocycles. The lowest BCUT2D eigenvalue weighted by Gasteiger charge is -2.11. The number of benzene rings is 2. The molecule has 4 nitrogen and oxygen atoms in total. The van der Waals surface area contributed by atoms with Crippen molar-refractivity contribution in [3.8, 4) is 0 Å². The van der Waals surface area contributed by atoms with Crippen LogP contribution in [0.1, 0.15) is 12.5 Å². The SMILES string of the molecule is CCc1ccc(NC(=O)Cn2ccc(=O)c3ccc(Br)cc32)cc1. The third-order valence-corrected chi connectivity index (χ3v) is 4.39. The smallest absolute Gasteiger partial charge is 0.244 e. The number of nitrogens with one attached hydrogen (secondary N) is 1. The highest BCUT2D eigenvalue weighted by atomic mass is 79.9. The fourth-order valence-corrected chi connectivity index (χ4v) is 2.94. The Morgan fingerprint density at radius 2 is 1.88 bits per heavy atom. The fourth-order valence-electron chi connectivity index (χ4n) is 2.60. The third-order valence-electron chi connectivity index (χ3n) is 3.90. The van der Waals surface area contributed by atoms with E-state index in [9.17, 15) is 9.59 Å². The topological polar surface area (TPSA) is 51.1 Å². The summed E-state index contributed by atoms with van der Waals surface area (Å²) in [6.07, 6.45) is 2.61. The Morgan fingerprint density at radius 1 is 1.12 bits per heavy atom. The Labute approximate surface area is 148 Å². The second-order valence-electron chi connectivity index (χ2n) is 5.57. The van der Waals surface area contributed by atoms with Crippen molar-refractivity contribution in [2.45, 2.75) is 19.9 Å². The Morgan fingerprint density at radius 3 is 2.58 bits per heavy atom. The lowest BCUT2D eigenvalue weighted by atomic mass is 10.1. The predicted octanol–water partition coefficient (Wildman–Crippen LogP) is 3.97. The van der Waals surface area contributed by atoms with Crippen LogP contribution in [0.25, 0.3) is 10.9 Å². The molecule has 3 aromatic rings. The van der Waals surface area contributed by atoms with Crippen molar-refractivity contribution in [3.63, 3.8) is 0 Å². The quantitative estimate of drug-likeness (QED) is 0.739. The average molecular weight is 385 g/mol. The lowest BCUT2D eigenvalue weighted by Crippen LogP contribution is -2.20. The van der Waals surface area contributed by atoms with Gasteiger partial charge in [0.15, 0.2) is 5.43 Å². The van der Waals surface area contributed by atoms with Gasteiger partial charge in [0.2, 0.25) is 5.91 Å². The zero-order chi connectivity index (χ0) is 17.1. The molecular weight excluding hydrogens is 368 g/mol. The molecule has 122 valence electrons. The first-order valence-corrected chi connectivity index (χ1v) is 8.53. The fraction of sp³-hybridized carbons (Fsp3) is 0.158. The second-order valence-corrected chi connectivity index (χ2v) is 6.48. The maximum Gasteiger partial charge on any atom is 0.244 e. The molecule has 3 rings (SSSR count). The van der Waals surface area contributed by atoms with Crippen LogP contribution in [-0.4, -0.2) is 10.5 Å². The standard InChI is InChI=1S/C19H17BrN2O2/c1-2-13-3-6-15(7-4-13)21-19(24)12-22-10-9-18(23)16-8-5-14(20)11-17(16)22/h3-11H,2,12H2,1H3,(H,21,24). The van der Waals surface area contributed by atoms with Gasteiger partial charge < -0.3 is 9.88 Å². The normalized spacial score (nSPS) is 10.8. The number of amides is 1. The van der Waals surface area contributed by atoms with E-state index in [0.29, 0.717) is 5.39 Å². The highest BCUT2D eigenvalue weighted by molar-refractivity contribution is 9.10. The largest absolute Gasteiger partial charge is 0.338 e. The van der Waals surface area contributed by atoms with E-state index in [1.165, 1.54) is 11.6 Å². The summed E-state index contributed by atoms with van der Waals surface area (Å²) in [5, 5.41) is 3.48. The van der Waals surface area contributed by atoms with Gasteiger partial charge in [-0.25, -0.2) is 0 Å². The average Bonchev–Trinajstić information content (AvgIpc) is 2.58. The molecule has 5 heteroatoms. The van der Waals surface area contributed by atoms with Gasteiger partial charge >= 0.3 is 0 Å². The van der Waals surface area contributed by atoms with E-state index in [4.69, 9.17) is 0 Å². The summed E-state index contributed by atoms with van der Waals surface area (Å²) in [4.78, 5) is 24.3. The summed E-state index contributed by atoms with van der Waals surface area (Å²) in [6, 6.07) is 14.7.